The van der Waals surface area contributed by atoms with Crippen LogP contribution >= 0.6 is 11.6 Å². The maximum Gasteiger partial charge on any atom is 0.255 e. The standard InChI is InChI=1S/C20H17ClFN3O/c1-13-4-2-3-5-15(13)12-24-19-10-14(8-9-23-19)20(26)25-16-6-7-18(22)17(21)11-16/h2-11H,12H2,1H3,(H,23,24)(H,25,26). The van der Waals surface area contributed by atoms with Crippen LogP contribution in [0.25, 0.3) is 0 Å². The van der Waals surface area contributed by atoms with E-state index in [-0.39, 0.29) is 10.9 Å². The summed E-state index contributed by atoms with van der Waals surface area (Å²) in [5.41, 5.74) is 3.20. The third-order valence-corrected chi connectivity index (χ3v) is 4.21. The molecule has 1 heterocycles. The summed E-state index contributed by atoms with van der Waals surface area (Å²) in [6.07, 6.45) is 1.56. The van der Waals surface area contributed by atoms with E-state index in [4.69, 9.17) is 11.6 Å². The number of aryl methyl sites for hydroxylation is 1. The Kier molecular flexibility index (Phi) is 5.49. The lowest BCUT2D eigenvalue weighted by molar-refractivity contribution is 0.102. The van der Waals surface area contributed by atoms with Crippen LogP contribution in [0.3, 0.4) is 0 Å². The van der Waals surface area contributed by atoms with E-state index in [9.17, 15) is 9.18 Å². The fourth-order valence-corrected chi connectivity index (χ4v) is 2.62. The van der Waals surface area contributed by atoms with Gasteiger partial charge in [-0.3, -0.25) is 4.79 Å². The Hall–Kier alpha value is -2.92. The van der Waals surface area contributed by atoms with Crippen LogP contribution in [-0.2, 0) is 6.54 Å². The number of carbonyl (C=O) groups is 1. The van der Waals surface area contributed by atoms with Gasteiger partial charge in [0, 0.05) is 24.0 Å². The molecule has 0 aliphatic rings. The van der Waals surface area contributed by atoms with Crippen LogP contribution in [0.15, 0.2) is 60.8 Å². The number of nitrogens with one attached hydrogen (secondary N) is 2. The molecule has 1 amide bonds. The maximum absolute atomic E-state index is 13.2. The molecule has 1 aromatic heterocycles. The zero-order valence-electron chi connectivity index (χ0n) is 14.1. The van der Waals surface area contributed by atoms with E-state index >= 15 is 0 Å². The molecule has 4 nitrogen and oxygen atoms in total. The summed E-state index contributed by atoms with van der Waals surface area (Å²) in [6, 6.07) is 15.4. The van der Waals surface area contributed by atoms with Crippen molar-refractivity contribution in [3.05, 3.63) is 88.3 Å². The predicted molar refractivity (Wildman–Crippen MR) is 102 cm³/mol. The van der Waals surface area contributed by atoms with Crippen LogP contribution in [-0.4, -0.2) is 10.9 Å². The number of amides is 1. The van der Waals surface area contributed by atoms with Gasteiger partial charge in [-0.1, -0.05) is 35.9 Å². The number of rotatable bonds is 5. The maximum atomic E-state index is 13.2. The highest BCUT2D eigenvalue weighted by atomic mass is 35.5. The van der Waals surface area contributed by atoms with Crippen molar-refractivity contribution in [1.82, 2.24) is 4.98 Å². The van der Waals surface area contributed by atoms with Crippen LogP contribution in [0, 0.1) is 12.7 Å². The van der Waals surface area contributed by atoms with Gasteiger partial charge in [0.1, 0.15) is 11.6 Å². The Bertz CT molecular complexity index is 946. The second-order valence-electron chi connectivity index (χ2n) is 5.79. The Morgan fingerprint density at radius 3 is 2.73 bits per heavy atom. The highest BCUT2D eigenvalue weighted by molar-refractivity contribution is 6.31. The largest absolute Gasteiger partial charge is 0.366 e. The van der Waals surface area contributed by atoms with Crippen molar-refractivity contribution in [2.75, 3.05) is 10.6 Å². The fourth-order valence-electron chi connectivity index (χ4n) is 2.44. The molecule has 0 atom stereocenters. The van der Waals surface area contributed by atoms with E-state index < -0.39 is 5.82 Å². The lowest BCUT2D eigenvalue weighted by Gasteiger charge is -2.10. The topological polar surface area (TPSA) is 54.0 Å². The minimum absolute atomic E-state index is 0.0434. The molecule has 0 aliphatic carbocycles. The van der Waals surface area contributed by atoms with Crippen molar-refractivity contribution < 1.29 is 9.18 Å². The van der Waals surface area contributed by atoms with Crippen LogP contribution < -0.4 is 10.6 Å². The van der Waals surface area contributed by atoms with Gasteiger partial charge in [-0.05, 0) is 48.4 Å². The molecule has 2 N–H and O–H groups in total. The number of benzene rings is 2. The second-order valence-corrected chi connectivity index (χ2v) is 6.20. The molecule has 0 fully saturated rings. The number of aromatic nitrogens is 1. The third kappa shape index (κ3) is 4.37. The number of halogens is 2. The van der Waals surface area contributed by atoms with Gasteiger partial charge in [-0.25, -0.2) is 9.37 Å². The van der Waals surface area contributed by atoms with Gasteiger partial charge in [0.2, 0.25) is 0 Å². The van der Waals surface area contributed by atoms with Gasteiger partial charge < -0.3 is 10.6 Å². The summed E-state index contributed by atoms with van der Waals surface area (Å²) in [7, 11) is 0. The van der Waals surface area contributed by atoms with Gasteiger partial charge >= 0.3 is 0 Å². The van der Waals surface area contributed by atoms with Crippen LogP contribution in [0.5, 0.6) is 0 Å². The highest BCUT2D eigenvalue weighted by Crippen LogP contribution is 2.20. The normalized spacial score (nSPS) is 10.4. The van der Waals surface area contributed by atoms with Gasteiger partial charge in [0.05, 0.1) is 5.02 Å². The van der Waals surface area contributed by atoms with E-state index in [0.717, 1.165) is 5.56 Å². The zero-order chi connectivity index (χ0) is 18.5. The summed E-state index contributed by atoms with van der Waals surface area (Å²) in [4.78, 5) is 16.6. The van der Waals surface area contributed by atoms with Crippen molar-refractivity contribution in [3.63, 3.8) is 0 Å². The third-order valence-electron chi connectivity index (χ3n) is 3.92. The average Bonchev–Trinajstić information content (AvgIpc) is 2.64. The van der Waals surface area contributed by atoms with Crippen molar-refractivity contribution in [1.29, 1.82) is 0 Å². The summed E-state index contributed by atoms with van der Waals surface area (Å²) in [5, 5.41) is 5.86. The van der Waals surface area contributed by atoms with Gasteiger partial charge in [0.15, 0.2) is 0 Å². The van der Waals surface area contributed by atoms with Crippen LogP contribution in [0.2, 0.25) is 5.02 Å². The molecule has 6 heteroatoms. The summed E-state index contributed by atoms with van der Waals surface area (Å²) in [6.45, 7) is 2.65. The molecule has 0 unspecified atom stereocenters. The van der Waals surface area contributed by atoms with Gasteiger partial charge in [-0.2, -0.15) is 0 Å². The van der Waals surface area contributed by atoms with Gasteiger partial charge in [-0.15, -0.1) is 0 Å². The molecule has 0 saturated carbocycles. The fraction of sp³-hybridized carbons (Fsp3) is 0.100. The number of hydrogen-bond acceptors (Lipinski definition) is 3. The lowest BCUT2D eigenvalue weighted by atomic mass is 10.1. The quantitative estimate of drug-likeness (QED) is 0.662. The molecule has 26 heavy (non-hydrogen) atoms. The number of pyridine rings is 1. The van der Waals surface area contributed by atoms with E-state index in [1.165, 1.54) is 23.8 Å². The molecule has 3 aromatic rings. The number of carbonyl (C=O) groups excluding carboxylic acids is 1. The zero-order valence-corrected chi connectivity index (χ0v) is 14.8. The minimum Gasteiger partial charge on any atom is -0.366 e. The van der Waals surface area contributed by atoms with E-state index in [0.29, 0.717) is 23.6 Å². The van der Waals surface area contributed by atoms with E-state index in [1.807, 2.05) is 31.2 Å². The SMILES string of the molecule is Cc1ccccc1CNc1cc(C(=O)Nc2ccc(F)c(Cl)c2)ccn1. The molecular formula is C20H17ClFN3O. The van der Waals surface area contributed by atoms with E-state index in [1.54, 1.807) is 18.3 Å². The van der Waals surface area contributed by atoms with Crippen LogP contribution in [0.4, 0.5) is 15.9 Å². The van der Waals surface area contributed by atoms with Crippen LogP contribution in [0.1, 0.15) is 21.5 Å². The average molecular weight is 370 g/mol. The molecule has 0 spiro atoms. The highest BCUT2D eigenvalue weighted by Gasteiger charge is 2.09. The second kappa shape index (κ2) is 7.97. The minimum atomic E-state index is -0.531. The van der Waals surface area contributed by atoms with Crippen molar-refractivity contribution >= 4 is 29.0 Å². The van der Waals surface area contributed by atoms with Crippen molar-refractivity contribution in [2.24, 2.45) is 0 Å². The molecule has 0 saturated heterocycles. The Labute approximate surface area is 156 Å². The molecule has 0 radical (unpaired) electrons. The van der Waals surface area contributed by atoms with Gasteiger partial charge in [0.25, 0.3) is 5.91 Å². The summed E-state index contributed by atoms with van der Waals surface area (Å²) >= 11 is 5.73. The molecular weight excluding hydrogens is 353 g/mol. The summed E-state index contributed by atoms with van der Waals surface area (Å²) in [5.74, 6) is -0.261. The Morgan fingerprint density at radius 1 is 1.15 bits per heavy atom. The molecule has 0 aliphatic heterocycles. The Balaban J connectivity index is 1.69. The van der Waals surface area contributed by atoms with Crippen molar-refractivity contribution in [3.8, 4) is 0 Å². The Morgan fingerprint density at radius 2 is 1.96 bits per heavy atom. The lowest BCUT2D eigenvalue weighted by Crippen LogP contribution is -2.13. The summed E-state index contributed by atoms with van der Waals surface area (Å²) < 4.78 is 13.2. The first kappa shape index (κ1) is 17.9. The first-order valence-electron chi connectivity index (χ1n) is 8.04. The van der Waals surface area contributed by atoms with E-state index in [2.05, 4.69) is 15.6 Å². The number of anilines is 2. The molecule has 2 aromatic carbocycles. The number of nitrogens with zero attached hydrogens (tertiary/aromatic N) is 1. The van der Waals surface area contributed by atoms with Crippen molar-refractivity contribution in [2.45, 2.75) is 13.5 Å². The molecule has 3 rings (SSSR count). The first-order chi connectivity index (χ1) is 12.5. The smallest absolute Gasteiger partial charge is 0.255 e. The molecule has 132 valence electrons. The predicted octanol–water partition coefficient (Wildman–Crippen LogP) is 5.05. The number of hydrogen-bond donors (Lipinski definition) is 2. The molecule has 0 bridgehead atoms. The monoisotopic (exact) mass is 369 g/mol. The first-order valence-corrected chi connectivity index (χ1v) is 8.41.